The lowest BCUT2D eigenvalue weighted by Crippen LogP contribution is -2.30. The van der Waals surface area contributed by atoms with Crippen molar-refractivity contribution in [2.24, 2.45) is 0 Å². The lowest BCUT2D eigenvalue weighted by atomic mass is 10.0. The van der Waals surface area contributed by atoms with Crippen LogP contribution in [-0.4, -0.2) is 37.2 Å². The van der Waals surface area contributed by atoms with Crippen LogP contribution in [-0.2, 0) is 28.6 Å². The third-order valence-corrected chi connectivity index (χ3v) is 12.4. The van der Waals surface area contributed by atoms with E-state index in [1.807, 2.05) is 6.08 Å². The lowest BCUT2D eigenvalue weighted by Gasteiger charge is -2.18. The molecule has 0 bridgehead atoms. The van der Waals surface area contributed by atoms with Gasteiger partial charge in [-0.05, 0) is 96.3 Å². The summed E-state index contributed by atoms with van der Waals surface area (Å²) in [5.41, 5.74) is 0. The molecular weight excluding hydrogens is 913 g/mol. The minimum atomic E-state index is -0.830. The van der Waals surface area contributed by atoms with Gasteiger partial charge < -0.3 is 14.2 Å². The van der Waals surface area contributed by atoms with Crippen molar-refractivity contribution in [1.82, 2.24) is 0 Å². The van der Waals surface area contributed by atoms with Crippen LogP contribution >= 0.6 is 0 Å². The molecule has 0 saturated heterocycles. The van der Waals surface area contributed by atoms with Gasteiger partial charge in [0.1, 0.15) is 13.2 Å². The molecule has 418 valence electrons. The van der Waals surface area contributed by atoms with Crippen molar-refractivity contribution in [1.29, 1.82) is 0 Å². The van der Waals surface area contributed by atoms with Gasteiger partial charge in [0.2, 0.25) is 0 Å². The molecular formula is C68H110O6. The number of allylic oxidation sites excluding steroid dienone is 21. The Balaban J connectivity index is 4.05. The van der Waals surface area contributed by atoms with Crippen LogP contribution in [0.25, 0.3) is 0 Å². The first kappa shape index (κ1) is 69.5. The zero-order valence-electron chi connectivity index (χ0n) is 47.8. The van der Waals surface area contributed by atoms with E-state index in [1.54, 1.807) is 6.08 Å². The van der Waals surface area contributed by atoms with Gasteiger partial charge in [0.05, 0.1) is 6.42 Å². The second-order valence-electron chi connectivity index (χ2n) is 19.5. The molecule has 0 aromatic heterocycles. The Morgan fingerprint density at radius 1 is 0.297 bits per heavy atom. The SMILES string of the molecule is CC/C=C\C/C=C\C/C=C\C/C=C\C/C=C\C/C=C\CCCCCCCCCCCCCCCCCCC(=O)OCC(COC(=O)CCCCCCCC)OC(=O)C/C=C\C/C=C\C/C=C\C/C=C\C/C=C\CC. The van der Waals surface area contributed by atoms with Gasteiger partial charge in [-0.25, -0.2) is 0 Å². The molecule has 0 amide bonds. The van der Waals surface area contributed by atoms with Gasteiger partial charge in [0.25, 0.3) is 0 Å². The molecule has 0 N–H and O–H groups in total. The quantitative estimate of drug-likeness (QED) is 0.0261. The zero-order chi connectivity index (χ0) is 53.6. The summed E-state index contributed by atoms with van der Waals surface area (Å²) in [5.74, 6) is -1.06. The largest absolute Gasteiger partial charge is 0.462 e. The van der Waals surface area contributed by atoms with Crippen LogP contribution in [0.15, 0.2) is 134 Å². The highest BCUT2D eigenvalue weighted by atomic mass is 16.6. The second-order valence-corrected chi connectivity index (χ2v) is 19.5. The Bertz CT molecular complexity index is 1600. The number of hydrogen-bond acceptors (Lipinski definition) is 6. The summed E-state index contributed by atoms with van der Waals surface area (Å²) < 4.78 is 16.6. The first-order valence-corrected chi connectivity index (χ1v) is 30.2. The monoisotopic (exact) mass is 1020 g/mol. The highest BCUT2D eigenvalue weighted by molar-refractivity contribution is 5.72. The molecule has 1 atom stereocenters. The molecule has 1 unspecified atom stereocenters. The summed E-state index contributed by atoms with van der Waals surface area (Å²) in [5, 5.41) is 0. The van der Waals surface area contributed by atoms with Gasteiger partial charge in [-0.2, -0.15) is 0 Å². The lowest BCUT2D eigenvalue weighted by molar-refractivity contribution is -0.166. The number of esters is 3. The summed E-state index contributed by atoms with van der Waals surface area (Å²) in [7, 11) is 0. The number of rotatable bonds is 53. The van der Waals surface area contributed by atoms with Crippen LogP contribution in [0.1, 0.15) is 258 Å². The Morgan fingerprint density at radius 2 is 0.568 bits per heavy atom. The molecule has 0 saturated carbocycles. The van der Waals surface area contributed by atoms with E-state index in [0.29, 0.717) is 12.8 Å². The van der Waals surface area contributed by atoms with Gasteiger partial charge in [-0.1, -0.05) is 276 Å². The summed E-state index contributed by atoms with van der Waals surface area (Å²) in [6, 6.07) is 0. The summed E-state index contributed by atoms with van der Waals surface area (Å²) >= 11 is 0. The van der Waals surface area contributed by atoms with Crippen molar-refractivity contribution in [3.63, 3.8) is 0 Å². The average Bonchev–Trinajstić information content (AvgIpc) is 3.40. The molecule has 6 nitrogen and oxygen atoms in total. The molecule has 0 aliphatic carbocycles. The van der Waals surface area contributed by atoms with E-state index in [-0.39, 0.29) is 31.6 Å². The van der Waals surface area contributed by atoms with E-state index in [4.69, 9.17) is 14.2 Å². The predicted octanol–water partition coefficient (Wildman–Crippen LogP) is 20.6. The maximum atomic E-state index is 12.7. The van der Waals surface area contributed by atoms with Crippen molar-refractivity contribution in [2.45, 2.75) is 264 Å². The van der Waals surface area contributed by atoms with Gasteiger partial charge >= 0.3 is 17.9 Å². The fraction of sp³-hybridized carbons (Fsp3) is 0.632. The normalized spacial score (nSPS) is 13.1. The molecule has 6 heteroatoms. The second kappa shape index (κ2) is 61.1. The van der Waals surface area contributed by atoms with E-state index in [9.17, 15) is 14.4 Å². The average molecular weight is 1020 g/mol. The molecule has 0 radical (unpaired) electrons. The summed E-state index contributed by atoms with van der Waals surface area (Å²) in [4.78, 5) is 37.8. The topological polar surface area (TPSA) is 78.9 Å². The number of ether oxygens (including phenoxy) is 3. The third kappa shape index (κ3) is 58.4. The molecule has 0 spiro atoms. The van der Waals surface area contributed by atoms with Gasteiger partial charge in [-0.15, -0.1) is 0 Å². The first-order valence-electron chi connectivity index (χ1n) is 30.2. The Morgan fingerprint density at radius 3 is 0.892 bits per heavy atom. The zero-order valence-corrected chi connectivity index (χ0v) is 47.8. The summed E-state index contributed by atoms with van der Waals surface area (Å²) in [6.45, 7) is 6.26. The van der Waals surface area contributed by atoms with Crippen molar-refractivity contribution >= 4 is 17.9 Å². The Kier molecular flexibility index (Phi) is 57.4. The standard InChI is InChI=1S/C68H110O6/c1-4-7-10-13-16-18-20-22-24-25-26-27-28-29-30-31-32-33-34-35-36-37-38-39-40-41-42-43-45-46-48-50-52-55-58-61-67(70)73-64-65(63-72-66(69)60-57-54-15-12-9-6-3)74-68(71)62-59-56-53-51-49-47-44-23-21-19-17-14-11-8-5-2/h7-8,10-11,16-19,22-24,26-27,29-30,32-33,44,49,51,56,59,65H,4-6,9,12-15,20-21,25,28,31,34-43,45-48,50,52-55,57-58,60-64H2,1-3H3/b10-7-,11-8-,18-16-,19-17-,24-22-,27-26-,30-29-,33-32-,44-23-,51-49-,59-56-. The minimum absolute atomic E-state index is 0.0950. The number of carbonyl (C=O) groups is 3. The molecule has 0 heterocycles. The van der Waals surface area contributed by atoms with Gasteiger partial charge in [0.15, 0.2) is 6.10 Å². The van der Waals surface area contributed by atoms with Crippen LogP contribution in [0.4, 0.5) is 0 Å². The fourth-order valence-electron chi connectivity index (χ4n) is 7.99. The van der Waals surface area contributed by atoms with Gasteiger partial charge in [0, 0.05) is 12.8 Å². The van der Waals surface area contributed by atoms with Crippen molar-refractivity contribution in [3.8, 4) is 0 Å². The molecule has 0 aromatic carbocycles. The van der Waals surface area contributed by atoms with E-state index < -0.39 is 12.1 Å². The van der Waals surface area contributed by atoms with Crippen LogP contribution in [0.3, 0.4) is 0 Å². The summed E-state index contributed by atoms with van der Waals surface area (Å²) in [6.07, 6.45) is 86.7. The Hall–Kier alpha value is -4.45. The van der Waals surface area contributed by atoms with Crippen LogP contribution < -0.4 is 0 Å². The highest BCUT2D eigenvalue weighted by Gasteiger charge is 2.19. The van der Waals surface area contributed by atoms with Crippen LogP contribution in [0, 0.1) is 0 Å². The number of carbonyl (C=O) groups excluding carboxylic acids is 3. The van der Waals surface area contributed by atoms with E-state index in [0.717, 1.165) is 109 Å². The maximum absolute atomic E-state index is 12.7. The van der Waals surface area contributed by atoms with E-state index in [2.05, 4.69) is 142 Å². The Labute approximate surface area is 455 Å². The van der Waals surface area contributed by atoms with Crippen LogP contribution in [0.5, 0.6) is 0 Å². The molecule has 0 rings (SSSR count). The molecule has 74 heavy (non-hydrogen) atoms. The van der Waals surface area contributed by atoms with Crippen LogP contribution in [0.2, 0.25) is 0 Å². The minimum Gasteiger partial charge on any atom is -0.462 e. The van der Waals surface area contributed by atoms with Gasteiger partial charge in [-0.3, -0.25) is 14.4 Å². The molecule has 0 aliphatic rings. The number of unbranched alkanes of at least 4 members (excludes halogenated alkanes) is 21. The first-order chi connectivity index (χ1) is 36.5. The maximum Gasteiger partial charge on any atom is 0.310 e. The van der Waals surface area contributed by atoms with Crippen molar-refractivity contribution in [3.05, 3.63) is 134 Å². The van der Waals surface area contributed by atoms with Crippen molar-refractivity contribution in [2.75, 3.05) is 13.2 Å². The molecule has 0 aliphatic heterocycles. The smallest absolute Gasteiger partial charge is 0.310 e. The predicted molar refractivity (Wildman–Crippen MR) is 320 cm³/mol. The fourth-order valence-corrected chi connectivity index (χ4v) is 7.99. The third-order valence-electron chi connectivity index (χ3n) is 12.4. The number of hydrogen-bond donors (Lipinski definition) is 0. The van der Waals surface area contributed by atoms with E-state index >= 15 is 0 Å². The molecule has 0 fully saturated rings. The van der Waals surface area contributed by atoms with Crippen molar-refractivity contribution < 1.29 is 28.6 Å². The molecule has 0 aromatic rings. The van der Waals surface area contributed by atoms with E-state index in [1.165, 1.54) is 109 Å². The highest BCUT2D eigenvalue weighted by Crippen LogP contribution is 2.15.